The Labute approximate surface area is 114 Å². The van der Waals surface area contributed by atoms with Gasteiger partial charge in [-0.3, -0.25) is 9.20 Å². The number of amides is 1. The van der Waals surface area contributed by atoms with Crippen LogP contribution in [0, 0.1) is 0 Å². The molecule has 0 aromatic carbocycles. The largest absolute Gasteiger partial charge is 0.354 e. The Kier molecular flexibility index (Phi) is 3.65. The number of halogens is 1. The summed E-state index contributed by atoms with van der Waals surface area (Å²) < 4.78 is 1.38. The lowest BCUT2D eigenvalue weighted by Crippen LogP contribution is -2.38. The second-order valence-corrected chi connectivity index (χ2v) is 6.51. The lowest BCUT2D eigenvalue weighted by Gasteiger charge is -2.15. The van der Waals surface area contributed by atoms with Crippen molar-refractivity contribution in [3.8, 4) is 0 Å². The molecule has 2 aromatic rings. The molecule has 0 aliphatic rings. The second-order valence-electron chi connectivity index (χ2n) is 4.52. The van der Waals surface area contributed by atoms with Crippen molar-refractivity contribution in [3.63, 3.8) is 0 Å². The summed E-state index contributed by atoms with van der Waals surface area (Å²) in [6, 6.07) is 5.75. The van der Waals surface area contributed by atoms with Gasteiger partial charge >= 0.3 is 0 Å². The van der Waals surface area contributed by atoms with Gasteiger partial charge in [0.2, 0.25) is 5.91 Å². The van der Waals surface area contributed by atoms with E-state index in [-0.39, 0.29) is 5.91 Å². The molecule has 0 aliphatic carbocycles. The van der Waals surface area contributed by atoms with E-state index < -0.39 is 4.32 Å². The number of fused-ring (bicyclic) bond motifs is 1. The maximum atomic E-state index is 11.7. The predicted molar refractivity (Wildman–Crippen MR) is 72.7 cm³/mol. The van der Waals surface area contributed by atoms with Crippen LogP contribution in [0.3, 0.4) is 0 Å². The van der Waals surface area contributed by atoms with Gasteiger partial charge in [-0.1, -0.05) is 22.0 Å². The molecule has 0 saturated heterocycles. The Morgan fingerprint density at radius 2 is 2.22 bits per heavy atom. The third kappa shape index (κ3) is 2.87. The average molecular weight is 311 g/mol. The summed E-state index contributed by atoms with van der Waals surface area (Å²) in [5, 5.41) is 11.0. The monoisotopic (exact) mass is 310 g/mol. The summed E-state index contributed by atoms with van der Waals surface area (Å²) in [6.45, 7) is 4.17. The molecule has 2 heterocycles. The number of nitrogens with zero attached hydrogens (tertiary/aromatic N) is 3. The number of aromatic nitrogens is 3. The van der Waals surface area contributed by atoms with Gasteiger partial charge in [0.15, 0.2) is 5.65 Å². The summed E-state index contributed by atoms with van der Waals surface area (Å²) in [7, 11) is 0. The normalized spacial score (nSPS) is 11.7. The summed E-state index contributed by atoms with van der Waals surface area (Å²) in [6.07, 6.45) is 2.57. The van der Waals surface area contributed by atoms with Gasteiger partial charge in [-0.2, -0.15) is 0 Å². The fraction of sp³-hybridized carbons (Fsp3) is 0.417. The van der Waals surface area contributed by atoms with Crippen molar-refractivity contribution >= 4 is 27.5 Å². The standard InChI is InChI=1S/C12H15BrN4O/c1-12(2,13)11(18)14-7-6-10-16-15-9-5-3-4-8-17(9)10/h3-5,8H,6-7H2,1-2H3,(H,14,18). The molecule has 2 aromatic heterocycles. The van der Waals surface area contributed by atoms with E-state index in [0.29, 0.717) is 13.0 Å². The maximum Gasteiger partial charge on any atom is 0.236 e. The summed E-state index contributed by atoms with van der Waals surface area (Å²) in [4.78, 5) is 11.7. The van der Waals surface area contributed by atoms with Gasteiger partial charge in [0.25, 0.3) is 0 Å². The number of nitrogens with one attached hydrogen (secondary N) is 1. The van der Waals surface area contributed by atoms with E-state index in [1.807, 2.05) is 42.6 Å². The molecule has 96 valence electrons. The van der Waals surface area contributed by atoms with Crippen molar-refractivity contribution in [1.29, 1.82) is 0 Å². The number of carbonyl (C=O) groups excluding carboxylic acids is 1. The molecule has 0 fully saturated rings. The van der Waals surface area contributed by atoms with Crippen LogP contribution in [0.15, 0.2) is 24.4 Å². The summed E-state index contributed by atoms with van der Waals surface area (Å²) in [5.74, 6) is 0.814. The van der Waals surface area contributed by atoms with Crippen LogP contribution in [0.2, 0.25) is 0 Å². The first-order valence-electron chi connectivity index (χ1n) is 5.74. The van der Waals surface area contributed by atoms with Gasteiger partial charge in [-0.05, 0) is 26.0 Å². The Morgan fingerprint density at radius 1 is 1.44 bits per heavy atom. The molecule has 1 N–H and O–H groups in total. The van der Waals surface area contributed by atoms with E-state index in [2.05, 4.69) is 31.4 Å². The average Bonchev–Trinajstić information content (AvgIpc) is 2.71. The first-order chi connectivity index (χ1) is 8.48. The van der Waals surface area contributed by atoms with Gasteiger partial charge < -0.3 is 5.32 Å². The van der Waals surface area contributed by atoms with Gasteiger partial charge in [-0.25, -0.2) is 0 Å². The van der Waals surface area contributed by atoms with Crippen LogP contribution >= 0.6 is 15.9 Å². The van der Waals surface area contributed by atoms with Gasteiger partial charge in [0, 0.05) is 19.2 Å². The second kappa shape index (κ2) is 5.06. The smallest absolute Gasteiger partial charge is 0.236 e. The van der Waals surface area contributed by atoms with E-state index in [9.17, 15) is 4.79 Å². The molecule has 0 saturated carbocycles. The van der Waals surface area contributed by atoms with Crippen molar-refractivity contribution in [2.45, 2.75) is 24.6 Å². The van der Waals surface area contributed by atoms with Gasteiger partial charge in [0.1, 0.15) is 5.82 Å². The third-order valence-electron chi connectivity index (χ3n) is 2.56. The van der Waals surface area contributed by atoms with Crippen molar-refractivity contribution < 1.29 is 4.79 Å². The molecule has 0 atom stereocenters. The molecule has 0 aliphatic heterocycles. The quantitative estimate of drug-likeness (QED) is 0.872. The molecule has 0 bridgehead atoms. The van der Waals surface area contributed by atoms with Crippen molar-refractivity contribution in [3.05, 3.63) is 30.2 Å². The molecular formula is C12H15BrN4O. The summed E-state index contributed by atoms with van der Waals surface area (Å²) in [5.41, 5.74) is 0.819. The molecule has 1 amide bonds. The fourth-order valence-corrected chi connectivity index (χ4v) is 1.70. The zero-order valence-electron chi connectivity index (χ0n) is 10.4. The Balaban J connectivity index is 1.97. The Bertz CT molecular complexity index is 558. The van der Waals surface area contributed by atoms with E-state index >= 15 is 0 Å². The zero-order valence-corrected chi connectivity index (χ0v) is 11.9. The fourth-order valence-electron chi connectivity index (χ4n) is 1.56. The van der Waals surface area contributed by atoms with E-state index in [4.69, 9.17) is 0 Å². The van der Waals surface area contributed by atoms with Crippen molar-refractivity contribution in [2.75, 3.05) is 6.54 Å². The minimum atomic E-state index is -0.542. The number of alkyl halides is 1. The lowest BCUT2D eigenvalue weighted by molar-refractivity contribution is -0.122. The molecule has 2 rings (SSSR count). The van der Waals surface area contributed by atoms with Crippen LogP contribution in [-0.4, -0.2) is 31.4 Å². The lowest BCUT2D eigenvalue weighted by atomic mass is 10.2. The van der Waals surface area contributed by atoms with Crippen molar-refractivity contribution in [1.82, 2.24) is 19.9 Å². The zero-order chi connectivity index (χ0) is 13.2. The van der Waals surface area contributed by atoms with Crippen LogP contribution < -0.4 is 5.32 Å². The topological polar surface area (TPSA) is 59.3 Å². The van der Waals surface area contributed by atoms with Crippen LogP contribution in [0.25, 0.3) is 5.65 Å². The van der Waals surface area contributed by atoms with E-state index in [1.165, 1.54) is 0 Å². The maximum absolute atomic E-state index is 11.7. The highest BCUT2D eigenvalue weighted by molar-refractivity contribution is 9.10. The molecule has 6 heteroatoms. The summed E-state index contributed by atoms with van der Waals surface area (Å²) >= 11 is 3.32. The van der Waals surface area contributed by atoms with Gasteiger partial charge in [-0.15, -0.1) is 10.2 Å². The van der Waals surface area contributed by atoms with Gasteiger partial charge in [0.05, 0.1) is 4.32 Å². The molecule has 5 nitrogen and oxygen atoms in total. The van der Waals surface area contributed by atoms with Crippen LogP contribution in [0.5, 0.6) is 0 Å². The predicted octanol–water partition coefficient (Wildman–Crippen LogP) is 1.56. The number of rotatable bonds is 4. The number of pyridine rings is 1. The minimum absolute atomic E-state index is 0.0312. The highest BCUT2D eigenvalue weighted by Crippen LogP contribution is 2.15. The van der Waals surface area contributed by atoms with Crippen molar-refractivity contribution in [2.24, 2.45) is 0 Å². The first kappa shape index (κ1) is 13.0. The highest BCUT2D eigenvalue weighted by Gasteiger charge is 2.22. The number of hydrogen-bond donors (Lipinski definition) is 1. The van der Waals surface area contributed by atoms with Crippen LogP contribution in [0.4, 0.5) is 0 Å². The first-order valence-corrected chi connectivity index (χ1v) is 6.53. The van der Waals surface area contributed by atoms with Crippen LogP contribution in [0.1, 0.15) is 19.7 Å². The molecular weight excluding hydrogens is 296 g/mol. The van der Waals surface area contributed by atoms with E-state index in [1.54, 1.807) is 0 Å². The highest BCUT2D eigenvalue weighted by atomic mass is 79.9. The Morgan fingerprint density at radius 3 is 2.94 bits per heavy atom. The molecule has 0 unspecified atom stereocenters. The molecule has 18 heavy (non-hydrogen) atoms. The number of carbonyl (C=O) groups is 1. The molecule has 0 spiro atoms. The minimum Gasteiger partial charge on any atom is -0.354 e. The molecule has 0 radical (unpaired) electrons. The SMILES string of the molecule is CC(C)(Br)C(=O)NCCc1nnc2ccccn12. The van der Waals surface area contributed by atoms with E-state index in [0.717, 1.165) is 11.5 Å². The third-order valence-corrected chi connectivity index (χ3v) is 2.92. The van der Waals surface area contributed by atoms with Crippen LogP contribution in [-0.2, 0) is 11.2 Å². The number of hydrogen-bond acceptors (Lipinski definition) is 3. The Hall–Kier alpha value is -1.43.